The van der Waals surface area contributed by atoms with Crippen molar-refractivity contribution in [1.82, 2.24) is 4.90 Å². The molecule has 1 aliphatic heterocycles. The van der Waals surface area contributed by atoms with Crippen LogP contribution in [0.3, 0.4) is 0 Å². The van der Waals surface area contributed by atoms with Gasteiger partial charge >= 0.3 is 0 Å². The van der Waals surface area contributed by atoms with E-state index in [-0.39, 0.29) is 0 Å². The van der Waals surface area contributed by atoms with Gasteiger partial charge in [0.25, 0.3) is 0 Å². The third-order valence-corrected chi connectivity index (χ3v) is 4.09. The Labute approximate surface area is 96.1 Å². The van der Waals surface area contributed by atoms with Gasteiger partial charge in [-0.3, -0.25) is 4.90 Å². The van der Waals surface area contributed by atoms with Gasteiger partial charge in [0, 0.05) is 25.2 Å². The average Bonchev–Trinajstić information content (AvgIpc) is 2.79. The second-order valence-corrected chi connectivity index (χ2v) is 5.47. The van der Waals surface area contributed by atoms with Gasteiger partial charge in [0.2, 0.25) is 0 Å². The second kappa shape index (κ2) is 4.64. The standard InChI is InChI=1S/C12H20N2S/c1-9-5-10(2)14(7-9)12(6-13)11-3-4-15-8-11/h3-4,8-10,12H,5-7,13H2,1-2H3. The molecule has 1 fully saturated rings. The summed E-state index contributed by atoms with van der Waals surface area (Å²) in [4.78, 5) is 2.56. The van der Waals surface area contributed by atoms with Crippen LogP contribution < -0.4 is 5.73 Å². The van der Waals surface area contributed by atoms with Gasteiger partial charge < -0.3 is 5.73 Å². The van der Waals surface area contributed by atoms with Crippen molar-refractivity contribution in [3.05, 3.63) is 22.4 Å². The molecule has 15 heavy (non-hydrogen) atoms. The number of nitrogens with two attached hydrogens (primary N) is 1. The zero-order valence-corrected chi connectivity index (χ0v) is 10.3. The zero-order valence-electron chi connectivity index (χ0n) is 9.52. The maximum Gasteiger partial charge on any atom is 0.0481 e. The van der Waals surface area contributed by atoms with Crippen LogP contribution in [-0.2, 0) is 0 Å². The summed E-state index contributed by atoms with van der Waals surface area (Å²) in [6.07, 6.45) is 1.31. The van der Waals surface area contributed by atoms with Crippen LogP contribution in [0.2, 0.25) is 0 Å². The summed E-state index contributed by atoms with van der Waals surface area (Å²) >= 11 is 1.76. The minimum atomic E-state index is 0.427. The van der Waals surface area contributed by atoms with Gasteiger partial charge in [0.1, 0.15) is 0 Å². The minimum Gasteiger partial charge on any atom is -0.329 e. The van der Waals surface area contributed by atoms with Crippen LogP contribution in [0, 0.1) is 5.92 Å². The first-order valence-corrected chi connectivity index (χ1v) is 6.64. The topological polar surface area (TPSA) is 29.3 Å². The van der Waals surface area contributed by atoms with E-state index in [9.17, 15) is 0 Å². The molecule has 0 radical (unpaired) electrons. The van der Waals surface area contributed by atoms with Gasteiger partial charge in [-0.15, -0.1) is 0 Å². The van der Waals surface area contributed by atoms with Crippen LogP contribution >= 0.6 is 11.3 Å². The lowest BCUT2D eigenvalue weighted by Gasteiger charge is -2.30. The molecule has 1 aliphatic rings. The molecule has 2 rings (SSSR count). The lowest BCUT2D eigenvalue weighted by molar-refractivity contribution is 0.192. The summed E-state index contributed by atoms with van der Waals surface area (Å²) in [5, 5.41) is 4.37. The molecule has 1 aromatic rings. The lowest BCUT2D eigenvalue weighted by atomic mass is 10.1. The number of hydrogen-bond donors (Lipinski definition) is 1. The molecule has 3 unspecified atom stereocenters. The number of nitrogens with zero attached hydrogens (tertiary/aromatic N) is 1. The Morgan fingerprint density at radius 3 is 2.87 bits per heavy atom. The monoisotopic (exact) mass is 224 g/mol. The summed E-state index contributed by atoms with van der Waals surface area (Å²) in [6.45, 7) is 6.57. The Morgan fingerprint density at radius 1 is 1.60 bits per heavy atom. The van der Waals surface area contributed by atoms with E-state index in [0.717, 1.165) is 12.5 Å². The maximum atomic E-state index is 5.91. The van der Waals surface area contributed by atoms with E-state index in [2.05, 4.69) is 35.6 Å². The molecular weight excluding hydrogens is 204 g/mol. The van der Waals surface area contributed by atoms with Gasteiger partial charge in [-0.05, 0) is 41.7 Å². The molecule has 84 valence electrons. The molecule has 0 aliphatic carbocycles. The normalized spacial score (nSPS) is 29.5. The molecule has 3 atom stereocenters. The number of thiophene rings is 1. The van der Waals surface area contributed by atoms with Gasteiger partial charge in [-0.1, -0.05) is 6.92 Å². The maximum absolute atomic E-state index is 5.91. The molecular formula is C12H20N2S. The Kier molecular flexibility index (Phi) is 3.44. The average molecular weight is 224 g/mol. The Morgan fingerprint density at radius 2 is 2.40 bits per heavy atom. The van der Waals surface area contributed by atoms with Crippen molar-refractivity contribution < 1.29 is 0 Å². The number of rotatable bonds is 3. The highest BCUT2D eigenvalue weighted by atomic mass is 32.1. The van der Waals surface area contributed by atoms with Crippen LogP contribution in [0.1, 0.15) is 31.9 Å². The SMILES string of the molecule is CC1CC(C)N(C(CN)c2ccsc2)C1. The fourth-order valence-corrected chi connectivity index (χ4v) is 3.40. The van der Waals surface area contributed by atoms with E-state index >= 15 is 0 Å². The first kappa shape index (κ1) is 11.1. The first-order valence-electron chi connectivity index (χ1n) is 5.70. The van der Waals surface area contributed by atoms with Gasteiger partial charge in [0.05, 0.1) is 0 Å². The molecule has 2 heterocycles. The third kappa shape index (κ3) is 2.25. The molecule has 1 saturated heterocycles. The fraction of sp³-hybridized carbons (Fsp3) is 0.667. The molecule has 3 heteroatoms. The summed E-state index contributed by atoms with van der Waals surface area (Å²) in [5.41, 5.74) is 7.31. The van der Waals surface area contributed by atoms with Gasteiger partial charge in [0.15, 0.2) is 0 Å². The van der Waals surface area contributed by atoms with Crippen LogP contribution in [0.4, 0.5) is 0 Å². The van der Waals surface area contributed by atoms with E-state index in [0.29, 0.717) is 12.1 Å². The quantitative estimate of drug-likeness (QED) is 0.854. The molecule has 0 bridgehead atoms. The predicted molar refractivity (Wildman–Crippen MR) is 66.1 cm³/mol. The summed E-state index contributed by atoms with van der Waals surface area (Å²) in [5.74, 6) is 0.813. The minimum absolute atomic E-state index is 0.427. The first-order chi connectivity index (χ1) is 7.22. The molecule has 0 aromatic carbocycles. The van der Waals surface area contributed by atoms with Gasteiger partial charge in [-0.2, -0.15) is 11.3 Å². The van der Waals surface area contributed by atoms with Crippen molar-refractivity contribution in [3.63, 3.8) is 0 Å². The van der Waals surface area contributed by atoms with Crippen molar-refractivity contribution >= 4 is 11.3 Å². The van der Waals surface area contributed by atoms with Crippen molar-refractivity contribution in [1.29, 1.82) is 0 Å². The summed E-state index contributed by atoms with van der Waals surface area (Å²) < 4.78 is 0. The number of hydrogen-bond acceptors (Lipinski definition) is 3. The molecule has 1 aromatic heterocycles. The van der Waals surface area contributed by atoms with Crippen LogP contribution in [0.15, 0.2) is 16.8 Å². The third-order valence-electron chi connectivity index (χ3n) is 3.38. The van der Waals surface area contributed by atoms with Crippen molar-refractivity contribution in [2.24, 2.45) is 11.7 Å². The van der Waals surface area contributed by atoms with Crippen LogP contribution in [0.5, 0.6) is 0 Å². The smallest absolute Gasteiger partial charge is 0.0481 e. The van der Waals surface area contributed by atoms with E-state index in [4.69, 9.17) is 5.73 Å². The molecule has 0 spiro atoms. The van der Waals surface area contributed by atoms with E-state index < -0.39 is 0 Å². The molecule has 2 nitrogen and oxygen atoms in total. The predicted octanol–water partition coefficient (Wildman–Crippen LogP) is 2.48. The summed E-state index contributed by atoms with van der Waals surface area (Å²) in [6, 6.07) is 3.31. The van der Waals surface area contributed by atoms with Crippen LogP contribution in [-0.4, -0.2) is 24.0 Å². The van der Waals surface area contributed by atoms with E-state index in [1.807, 2.05) is 0 Å². The Bertz CT molecular complexity index is 297. The highest BCUT2D eigenvalue weighted by molar-refractivity contribution is 7.07. The number of likely N-dealkylation sites (tertiary alicyclic amines) is 1. The van der Waals surface area contributed by atoms with Crippen molar-refractivity contribution in [2.75, 3.05) is 13.1 Å². The lowest BCUT2D eigenvalue weighted by Crippen LogP contribution is -2.36. The second-order valence-electron chi connectivity index (χ2n) is 4.69. The Balaban J connectivity index is 2.13. The van der Waals surface area contributed by atoms with Crippen molar-refractivity contribution in [3.8, 4) is 0 Å². The highest BCUT2D eigenvalue weighted by Gasteiger charge is 2.31. The summed E-state index contributed by atoms with van der Waals surface area (Å²) in [7, 11) is 0. The zero-order chi connectivity index (χ0) is 10.8. The Hall–Kier alpha value is -0.380. The molecule has 2 N–H and O–H groups in total. The molecule has 0 amide bonds. The van der Waals surface area contributed by atoms with Crippen LogP contribution in [0.25, 0.3) is 0 Å². The van der Waals surface area contributed by atoms with Gasteiger partial charge in [-0.25, -0.2) is 0 Å². The molecule has 0 saturated carbocycles. The highest BCUT2D eigenvalue weighted by Crippen LogP contribution is 2.32. The fourth-order valence-electron chi connectivity index (χ4n) is 2.69. The largest absolute Gasteiger partial charge is 0.329 e. The van der Waals surface area contributed by atoms with Crippen molar-refractivity contribution in [2.45, 2.75) is 32.4 Å². The van der Waals surface area contributed by atoms with E-state index in [1.54, 1.807) is 11.3 Å². The van der Waals surface area contributed by atoms with E-state index in [1.165, 1.54) is 18.5 Å².